The van der Waals surface area contributed by atoms with Crippen molar-refractivity contribution >= 4 is 34.5 Å². The number of nitrogens with one attached hydrogen (secondary N) is 1. The lowest BCUT2D eigenvalue weighted by molar-refractivity contribution is -0.154. The number of amides is 1. The summed E-state index contributed by atoms with van der Waals surface area (Å²) in [5.41, 5.74) is 1.54. The molecule has 0 spiro atoms. The van der Waals surface area contributed by atoms with Gasteiger partial charge in [0.2, 0.25) is 11.8 Å². The van der Waals surface area contributed by atoms with E-state index in [1.54, 1.807) is 29.8 Å². The standard InChI is InChI=1S/C16H12ClF3N4O2/c1-24-12-4-3-10(17)6-11(12)22-15(24)23-14(25)9-2-5-13(21-7-9)26-8-16(18,19)20/h2-7H,8H2,1H3,(H,22,23,25). The Hall–Kier alpha value is -2.81. The average Bonchev–Trinajstić information content (AvgIpc) is 2.88. The average molecular weight is 385 g/mol. The lowest BCUT2D eigenvalue weighted by Gasteiger charge is -2.09. The number of fused-ring (bicyclic) bond motifs is 1. The fraction of sp³-hybridized carbons (Fsp3) is 0.188. The SMILES string of the molecule is Cn1c(NC(=O)c2ccc(OCC(F)(F)F)nc2)nc2cc(Cl)ccc21. The number of alkyl halides is 3. The largest absolute Gasteiger partial charge is 0.468 e. The summed E-state index contributed by atoms with van der Waals surface area (Å²) >= 11 is 5.92. The number of pyridine rings is 1. The summed E-state index contributed by atoms with van der Waals surface area (Å²) in [5.74, 6) is -0.440. The van der Waals surface area contributed by atoms with E-state index in [9.17, 15) is 18.0 Å². The molecule has 0 saturated carbocycles. The molecule has 10 heteroatoms. The van der Waals surface area contributed by atoms with E-state index in [-0.39, 0.29) is 11.4 Å². The van der Waals surface area contributed by atoms with E-state index in [4.69, 9.17) is 11.6 Å². The molecule has 0 aliphatic rings. The maximum atomic E-state index is 12.3. The van der Waals surface area contributed by atoms with E-state index in [1.807, 2.05) is 0 Å². The number of anilines is 1. The summed E-state index contributed by atoms with van der Waals surface area (Å²) in [7, 11) is 1.73. The molecule has 26 heavy (non-hydrogen) atoms. The molecule has 0 atom stereocenters. The minimum absolute atomic E-state index is 0.148. The number of hydrogen-bond acceptors (Lipinski definition) is 4. The number of rotatable bonds is 4. The first-order valence-electron chi connectivity index (χ1n) is 7.32. The number of hydrogen-bond donors (Lipinski definition) is 1. The van der Waals surface area contributed by atoms with Gasteiger partial charge in [0.1, 0.15) is 0 Å². The minimum atomic E-state index is -4.46. The highest BCUT2D eigenvalue weighted by Crippen LogP contribution is 2.22. The molecule has 1 amide bonds. The summed E-state index contributed by atoms with van der Waals surface area (Å²) in [5, 5.41) is 3.14. The third-order valence-electron chi connectivity index (χ3n) is 3.45. The van der Waals surface area contributed by atoms with Crippen molar-refractivity contribution in [1.29, 1.82) is 0 Å². The summed E-state index contributed by atoms with van der Waals surface area (Å²) in [4.78, 5) is 20.3. The molecule has 136 valence electrons. The molecule has 0 radical (unpaired) electrons. The first-order valence-corrected chi connectivity index (χ1v) is 7.70. The molecule has 0 aliphatic heterocycles. The second-order valence-corrected chi connectivity index (χ2v) is 5.81. The summed E-state index contributed by atoms with van der Waals surface area (Å²) in [6, 6.07) is 7.65. The number of aryl methyl sites for hydroxylation is 1. The first-order chi connectivity index (χ1) is 12.2. The van der Waals surface area contributed by atoms with Crippen molar-refractivity contribution in [3.05, 3.63) is 47.1 Å². The van der Waals surface area contributed by atoms with Crippen molar-refractivity contribution in [3.63, 3.8) is 0 Å². The molecular weight excluding hydrogens is 373 g/mol. The lowest BCUT2D eigenvalue weighted by atomic mass is 10.3. The zero-order chi connectivity index (χ0) is 18.9. The fourth-order valence-electron chi connectivity index (χ4n) is 2.21. The van der Waals surface area contributed by atoms with Gasteiger partial charge in [0.15, 0.2) is 6.61 Å². The van der Waals surface area contributed by atoms with Gasteiger partial charge in [0.05, 0.1) is 16.6 Å². The maximum Gasteiger partial charge on any atom is 0.422 e. The maximum absolute atomic E-state index is 12.3. The van der Waals surface area contributed by atoms with Gasteiger partial charge in [-0.15, -0.1) is 0 Å². The van der Waals surface area contributed by atoms with Crippen molar-refractivity contribution in [1.82, 2.24) is 14.5 Å². The Balaban J connectivity index is 1.73. The van der Waals surface area contributed by atoms with Crippen LogP contribution in [0.2, 0.25) is 5.02 Å². The van der Waals surface area contributed by atoms with E-state index in [1.165, 1.54) is 12.1 Å². The molecule has 0 bridgehead atoms. The van der Waals surface area contributed by atoms with Gasteiger partial charge < -0.3 is 9.30 Å². The molecule has 1 N–H and O–H groups in total. The molecular formula is C16H12ClF3N4O2. The lowest BCUT2D eigenvalue weighted by Crippen LogP contribution is -2.20. The van der Waals surface area contributed by atoms with Crippen LogP contribution in [0.25, 0.3) is 11.0 Å². The van der Waals surface area contributed by atoms with Crippen LogP contribution in [0.1, 0.15) is 10.4 Å². The van der Waals surface area contributed by atoms with Crippen molar-refractivity contribution in [2.45, 2.75) is 6.18 Å². The molecule has 1 aromatic carbocycles. The highest BCUT2D eigenvalue weighted by Gasteiger charge is 2.28. The topological polar surface area (TPSA) is 69.0 Å². The Morgan fingerprint density at radius 1 is 1.31 bits per heavy atom. The van der Waals surface area contributed by atoms with E-state index in [2.05, 4.69) is 20.0 Å². The Bertz CT molecular complexity index is 955. The van der Waals surface area contributed by atoms with Gasteiger partial charge in [-0.1, -0.05) is 11.6 Å². The van der Waals surface area contributed by atoms with Gasteiger partial charge in [-0.05, 0) is 24.3 Å². The van der Waals surface area contributed by atoms with Crippen LogP contribution in [-0.2, 0) is 7.05 Å². The van der Waals surface area contributed by atoms with Crippen LogP contribution in [0.15, 0.2) is 36.5 Å². The Morgan fingerprint density at radius 2 is 2.08 bits per heavy atom. The number of halogens is 4. The van der Waals surface area contributed by atoms with Crippen LogP contribution >= 0.6 is 11.6 Å². The highest BCUT2D eigenvalue weighted by atomic mass is 35.5. The normalized spacial score (nSPS) is 11.6. The number of imidazole rings is 1. The Kier molecular flexibility index (Phi) is 4.73. The third-order valence-corrected chi connectivity index (χ3v) is 3.69. The van der Waals surface area contributed by atoms with Crippen LogP contribution in [-0.4, -0.2) is 33.2 Å². The van der Waals surface area contributed by atoms with E-state index >= 15 is 0 Å². The Morgan fingerprint density at radius 3 is 2.73 bits per heavy atom. The zero-order valence-electron chi connectivity index (χ0n) is 13.3. The van der Waals surface area contributed by atoms with E-state index in [0.29, 0.717) is 16.5 Å². The fourth-order valence-corrected chi connectivity index (χ4v) is 2.38. The van der Waals surface area contributed by atoms with Gasteiger partial charge >= 0.3 is 6.18 Å². The summed E-state index contributed by atoms with van der Waals surface area (Å²) < 4.78 is 42.5. The van der Waals surface area contributed by atoms with Gasteiger partial charge in [-0.2, -0.15) is 13.2 Å². The van der Waals surface area contributed by atoms with Crippen LogP contribution in [0.4, 0.5) is 19.1 Å². The monoisotopic (exact) mass is 384 g/mol. The van der Waals surface area contributed by atoms with Crippen LogP contribution < -0.4 is 10.1 Å². The molecule has 2 heterocycles. The van der Waals surface area contributed by atoms with E-state index in [0.717, 1.165) is 11.7 Å². The van der Waals surface area contributed by atoms with Gasteiger partial charge in [-0.25, -0.2) is 9.97 Å². The predicted molar refractivity (Wildman–Crippen MR) is 89.5 cm³/mol. The molecule has 0 aliphatic carbocycles. The van der Waals surface area contributed by atoms with Gasteiger partial charge in [0, 0.05) is 24.3 Å². The Labute approximate surface area is 150 Å². The second kappa shape index (κ2) is 6.83. The van der Waals surface area contributed by atoms with Crippen LogP contribution in [0.5, 0.6) is 5.88 Å². The van der Waals surface area contributed by atoms with Crippen LogP contribution in [0.3, 0.4) is 0 Å². The molecule has 0 fully saturated rings. The number of aromatic nitrogens is 3. The number of nitrogens with zero attached hydrogens (tertiary/aromatic N) is 3. The molecule has 0 saturated heterocycles. The predicted octanol–water partition coefficient (Wildman–Crippen LogP) is 3.82. The van der Waals surface area contributed by atoms with Crippen molar-refractivity contribution in [3.8, 4) is 5.88 Å². The number of carbonyl (C=O) groups excluding carboxylic acids is 1. The first kappa shape index (κ1) is 18.0. The quantitative estimate of drug-likeness (QED) is 0.742. The van der Waals surface area contributed by atoms with Gasteiger partial charge in [-0.3, -0.25) is 10.1 Å². The van der Waals surface area contributed by atoms with Crippen molar-refractivity contribution < 1.29 is 22.7 Å². The van der Waals surface area contributed by atoms with E-state index < -0.39 is 18.7 Å². The van der Waals surface area contributed by atoms with Gasteiger partial charge in [0.25, 0.3) is 5.91 Å². The minimum Gasteiger partial charge on any atom is -0.468 e. The summed E-state index contributed by atoms with van der Waals surface area (Å²) in [6.07, 6.45) is -3.33. The zero-order valence-corrected chi connectivity index (χ0v) is 14.1. The summed E-state index contributed by atoms with van der Waals surface area (Å²) in [6.45, 7) is -1.45. The molecule has 3 aromatic rings. The highest BCUT2D eigenvalue weighted by molar-refractivity contribution is 6.31. The smallest absolute Gasteiger partial charge is 0.422 e. The molecule has 3 rings (SSSR count). The van der Waals surface area contributed by atoms with Crippen molar-refractivity contribution in [2.24, 2.45) is 7.05 Å². The third kappa shape index (κ3) is 4.05. The molecule has 2 aromatic heterocycles. The van der Waals surface area contributed by atoms with Crippen molar-refractivity contribution in [2.75, 3.05) is 11.9 Å². The molecule has 6 nitrogen and oxygen atoms in total. The second-order valence-electron chi connectivity index (χ2n) is 5.37. The molecule has 0 unspecified atom stereocenters. The number of ether oxygens (including phenoxy) is 1. The number of carbonyl (C=O) groups is 1. The van der Waals surface area contributed by atoms with Crippen LogP contribution in [0, 0.1) is 0 Å². The number of benzene rings is 1.